The SMILES string of the molecule is O=S(=O)([O-])CS(=O)(=O)[O-].[Sr+2]. The second kappa shape index (κ2) is 4.36. The van der Waals surface area contributed by atoms with Gasteiger partial charge in [0, 0.05) is 0 Å². The van der Waals surface area contributed by atoms with Crippen LogP contribution in [0.1, 0.15) is 0 Å². The van der Waals surface area contributed by atoms with Crippen molar-refractivity contribution in [3.8, 4) is 0 Å². The molecule has 0 aromatic carbocycles. The normalized spacial score (nSPS) is 12.2. The van der Waals surface area contributed by atoms with Crippen molar-refractivity contribution in [2.24, 2.45) is 0 Å². The summed E-state index contributed by atoms with van der Waals surface area (Å²) in [6, 6.07) is 0. The molecule has 10 heavy (non-hydrogen) atoms. The Morgan fingerprint density at radius 1 is 0.900 bits per heavy atom. The van der Waals surface area contributed by atoms with Crippen LogP contribution in [0.4, 0.5) is 0 Å². The third-order valence-electron chi connectivity index (χ3n) is 0.289. The van der Waals surface area contributed by atoms with Gasteiger partial charge in [0.05, 0.1) is 0 Å². The van der Waals surface area contributed by atoms with Gasteiger partial charge in [-0.05, 0) is 0 Å². The zero-order valence-electron chi connectivity index (χ0n) is 4.68. The molecule has 56 valence electrons. The van der Waals surface area contributed by atoms with Gasteiger partial charge in [-0.2, -0.15) is 0 Å². The second-order valence-corrected chi connectivity index (χ2v) is 4.41. The molecule has 0 saturated carbocycles. The average Bonchev–Trinajstić information content (AvgIpc) is 1.14. The summed E-state index contributed by atoms with van der Waals surface area (Å²) in [7, 11) is -9.86. The summed E-state index contributed by atoms with van der Waals surface area (Å²) in [6.45, 7) is 0. The van der Waals surface area contributed by atoms with E-state index in [1.165, 1.54) is 0 Å². The van der Waals surface area contributed by atoms with Crippen molar-refractivity contribution >= 4 is 65.7 Å². The zero-order chi connectivity index (χ0) is 7.71. The molecule has 0 aliphatic rings. The topological polar surface area (TPSA) is 114 Å². The molecule has 0 aliphatic heterocycles. The van der Waals surface area contributed by atoms with E-state index in [0.29, 0.717) is 0 Å². The molecule has 0 aromatic rings. The summed E-state index contributed by atoms with van der Waals surface area (Å²) in [4.78, 5) is 0. The Kier molecular flexibility index (Phi) is 6.04. The fourth-order valence-electron chi connectivity index (χ4n) is 0.177. The molecule has 0 heterocycles. The van der Waals surface area contributed by atoms with Crippen molar-refractivity contribution in [2.45, 2.75) is 0 Å². The van der Waals surface area contributed by atoms with E-state index in [9.17, 15) is 25.9 Å². The summed E-state index contributed by atoms with van der Waals surface area (Å²) < 4.78 is 57.1. The first kappa shape index (κ1) is 13.9. The predicted molar refractivity (Wildman–Crippen MR) is 30.0 cm³/mol. The van der Waals surface area contributed by atoms with Gasteiger partial charge in [0.1, 0.15) is 25.3 Å². The van der Waals surface area contributed by atoms with Gasteiger partial charge in [0.15, 0.2) is 0 Å². The predicted octanol–water partition coefficient (Wildman–Crippen LogP) is -2.35. The number of hydrogen-bond donors (Lipinski definition) is 0. The van der Waals surface area contributed by atoms with E-state index >= 15 is 0 Å². The molecule has 0 fully saturated rings. The van der Waals surface area contributed by atoms with Crippen LogP contribution in [0, 0.1) is 0 Å². The molecule has 0 unspecified atom stereocenters. The second-order valence-electron chi connectivity index (χ2n) is 1.23. The first-order valence-electron chi connectivity index (χ1n) is 1.58. The van der Waals surface area contributed by atoms with Gasteiger partial charge in [-0.15, -0.1) is 0 Å². The van der Waals surface area contributed by atoms with Crippen molar-refractivity contribution in [3.05, 3.63) is 0 Å². The molecule has 0 N–H and O–H groups in total. The fraction of sp³-hybridized carbons (Fsp3) is 1.00. The van der Waals surface area contributed by atoms with Crippen LogP contribution in [0.15, 0.2) is 0 Å². The summed E-state index contributed by atoms with van der Waals surface area (Å²) >= 11 is 0. The molecular weight excluding hydrogens is 260 g/mol. The van der Waals surface area contributed by atoms with E-state index < -0.39 is 25.3 Å². The van der Waals surface area contributed by atoms with Crippen LogP contribution in [0.3, 0.4) is 0 Å². The minimum atomic E-state index is -4.93. The van der Waals surface area contributed by atoms with Crippen molar-refractivity contribution in [2.75, 3.05) is 5.08 Å². The first-order chi connectivity index (χ1) is 3.71. The van der Waals surface area contributed by atoms with Gasteiger partial charge in [-0.25, -0.2) is 16.8 Å². The zero-order valence-corrected chi connectivity index (χ0v) is 9.79. The third kappa shape index (κ3) is 12.0. The number of hydrogen-bond acceptors (Lipinski definition) is 6. The smallest absolute Gasteiger partial charge is 0.747 e. The third-order valence-corrected chi connectivity index (χ3v) is 2.60. The van der Waals surface area contributed by atoms with Gasteiger partial charge in [-0.1, -0.05) is 0 Å². The number of rotatable bonds is 2. The summed E-state index contributed by atoms with van der Waals surface area (Å²) in [5.41, 5.74) is 0. The van der Waals surface area contributed by atoms with Crippen LogP contribution in [-0.2, 0) is 20.2 Å². The van der Waals surface area contributed by atoms with Gasteiger partial charge in [0.2, 0.25) is 0 Å². The molecule has 0 atom stereocenters. The molecule has 0 aliphatic carbocycles. The standard InChI is InChI=1S/CH4O6S2.Sr/c2-8(3,4)1-9(5,6)7;/h1H2,(H,2,3,4)(H,5,6,7);/q;+2/p-2. The molecule has 0 spiro atoms. The Balaban J connectivity index is 0. The van der Waals surface area contributed by atoms with Crippen molar-refractivity contribution in [1.82, 2.24) is 0 Å². The molecule has 0 radical (unpaired) electrons. The minimum absolute atomic E-state index is 0. The van der Waals surface area contributed by atoms with E-state index in [4.69, 9.17) is 0 Å². The summed E-state index contributed by atoms with van der Waals surface area (Å²) in [6.07, 6.45) is 0. The van der Waals surface area contributed by atoms with E-state index in [1.54, 1.807) is 0 Å². The van der Waals surface area contributed by atoms with Crippen LogP contribution in [0.5, 0.6) is 0 Å². The first-order valence-corrected chi connectivity index (χ1v) is 4.73. The van der Waals surface area contributed by atoms with Crippen LogP contribution >= 0.6 is 0 Å². The van der Waals surface area contributed by atoms with Crippen LogP contribution in [0.25, 0.3) is 0 Å². The van der Waals surface area contributed by atoms with E-state index in [2.05, 4.69) is 0 Å². The summed E-state index contributed by atoms with van der Waals surface area (Å²) in [5.74, 6) is 0. The van der Waals surface area contributed by atoms with Gasteiger partial charge in [0.25, 0.3) is 0 Å². The quantitative estimate of drug-likeness (QED) is 0.406. The maximum Gasteiger partial charge on any atom is 2.00 e. The maximum atomic E-state index is 9.51. The fourth-order valence-corrected chi connectivity index (χ4v) is 1.59. The molecule has 0 bridgehead atoms. The molecule has 0 saturated heterocycles. The summed E-state index contributed by atoms with van der Waals surface area (Å²) in [5, 5.41) is -1.88. The van der Waals surface area contributed by atoms with Crippen LogP contribution in [-0.4, -0.2) is 76.5 Å². The van der Waals surface area contributed by atoms with Crippen molar-refractivity contribution < 1.29 is 25.9 Å². The Morgan fingerprint density at radius 2 is 1.10 bits per heavy atom. The monoisotopic (exact) mass is 262 g/mol. The van der Waals surface area contributed by atoms with Crippen LogP contribution in [0.2, 0.25) is 0 Å². The van der Waals surface area contributed by atoms with Gasteiger partial charge in [-0.3, -0.25) is 0 Å². The molecule has 0 aromatic heterocycles. The van der Waals surface area contributed by atoms with Crippen molar-refractivity contribution in [3.63, 3.8) is 0 Å². The molecule has 0 rings (SSSR count). The van der Waals surface area contributed by atoms with E-state index in [0.717, 1.165) is 0 Å². The van der Waals surface area contributed by atoms with Gasteiger partial charge >= 0.3 is 45.5 Å². The Hall–Kier alpha value is 1.30. The van der Waals surface area contributed by atoms with Crippen LogP contribution < -0.4 is 0 Å². The molecular formula is CH2O6S2Sr. The van der Waals surface area contributed by atoms with Crippen molar-refractivity contribution in [1.29, 1.82) is 0 Å². The van der Waals surface area contributed by atoms with E-state index in [1.807, 2.05) is 0 Å². The molecule has 6 nitrogen and oxygen atoms in total. The van der Waals surface area contributed by atoms with Gasteiger partial charge < -0.3 is 9.11 Å². The Morgan fingerprint density at radius 3 is 1.10 bits per heavy atom. The largest absolute Gasteiger partial charge is 2.00 e. The molecule has 0 amide bonds. The Labute approximate surface area is 95.4 Å². The minimum Gasteiger partial charge on any atom is -0.747 e. The average molecular weight is 262 g/mol. The molecule has 9 heteroatoms. The Bertz CT molecular complexity index is 241. The van der Waals surface area contributed by atoms with E-state index in [-0.39, 0.29) is 45.5 Å². The maximum absolute atomic E-state index is 9.51.